The van der Waals surface area contributed by atoms with E-state index in [-0.39, 0.29) is 18.0 Å². The van der Waals surface area contributed by atoms with Gasteiger partial charge in [0.1, 0.15) is 11.9 Å². The van der Waals surface area contributed by atoms with Crippen LogP contribution < -0.4 is 5.32 Å². The van der Waals surface area contributed by atoms with Crippen molar-refractivity contribution in [1.29, 1.82) is 0 Å². The number of halogens is 2. The van der Waals surface area contributed by atoms with Crippen LogP contribution in [-0.4, -0.2) is 39.6 Å². The number of amides is 2. The minimum absolute atomic E-state index is 0.0742. The lowest BCUT2D eigenvalue weighted by Crippen LogP contribution is -2.52. The van der Waals surface area contributed by atoms with Crippen molar-refractivity contribution in [2.24, 2.45) is 0 Å². The number of benzene rings is 2. The van der Waals surface area contributed by atoms with Gasteiger partial charge in [0.05, 0.1) is 16.9 Å². The fourth-order valence-electron chi connectivity index (χ4n) is 3.86. The topological polar surface area (TPSA) is 67.2 Å². The highest BCUT2D eigenvalue weighted by molar-refractivity contribution is 9.10. The largest absolute Gasteiger partial charge is 0.352 e. The van der Waals surface area contributed by atoms with Gasteiger partial charge >= 0.3 is 0 Å². The number of rotatable bonds is 3. The van der Waals surface area contributed by atoms with Crippen LogP contribution in [0.4, 0.5) is 4.39 Å². The number of aryl methyl sites for hydroxylation is 1. The minimum atomic E-state index is -0.887. The van der Waals surface area contributed by atoms with Crippen LogP contribution in [0.2, 0.25) is 0 Å². The number of carbonyl (C=O) groups excluding carboxylic acids is 2. The van der Waals surface area contributed by atoms with Crippen molar-refractivity contribution in [3.63, 3.8) is 0 Å². The average Bonchev–Trinajstić information content (AvgIpc) is 3.04. The van der Waals surface area contributed by atoms with Crippen molar-refractivity contribution in [1.82, 2.24) is 20.0 Å². The fraction of sp³-hybridized carbons (Fsp3) is 0.227. The van der Waals surface area contributed by atoms with E-state index in [0.29, 0.717) is 22.3 Å². The highest BCUT2D eigenvalue weighted by Crippen LogP contribution is 2.32. The Morgan fingerprint density at radius 2 is 1.93 bits per heavy atom. The average molecular weight is 471 g/mol. The second-order valence-electron chi connectivity index (χ2n) is 7.15. The lowest BCUT2D eigenvalue weighted by molar-refractivity contribution is -0.128. The second kappa shape index (κ2) is 8.02. The summed E-state index contributed by atoms with van der Waals surface area (Å²) in [6, 6.07) is 12.9. The number of nitrogens with one attached hydrogen (secondary N) is 1. The number of nitrogens with zero attached hydrogens (tertiary/aromatic N) is 3. The van der Waals surface area contributed by atoms with E-state index in [0.717, 1.165) is 11.4 Å². The monoisotopic (exact) mass is 470 g/mol. The minimum Gasteiger partial charge on any atom is -0.352 e. The molecule has 0 spiro atoms. The third-order valence-corrected chi connectivity index (χ3v) is 5.75. The van der Waals surface area contributed by atoms with Crippen LogP contribution in [-0.2, 0) is 4.79 Å². The zero-order chi connectivity index (χ0) is 21.4. The normalized spacial score (nSPS) is 16.5. The van der Waals surface area contributed by atoms with E-state index in [4.69, 9.17) is 0 Å². The first-order valence-corrected chi connectivity index (χ1v) is 10.3. The standard InChI is InChI=1S/C22H20BrFN4O2/c1-13-19(14(2)28(26-13)16-6-4-3-5-7-16)20-21(29)25-10-11-27(20)22(30)17-12-15(23)8-9-18(17)24/h3-9,12,20H,10-11H2,1-2H3,(H,25,29). The number of piperazine rings is 1. The lowest BCUT2D eigenvalue weighted by atomic mass is 9.99. The summed E-state index contributed by atoms with van der Waals surface area (Å²) in [7, 11) is 0. The summed E-state index contributed by atoms with van der Waals surface area (Å²) in [4.78, 5) is 27.6. The Balaban J connectivity index is 1.80. The Bertz CT molecular complexity index is 1130. The molecule has 30 heavy (non-hydrogen) atoms. The van der Waals surface area contributed by atoms with Gasteiger partial charge in [-0.25, -0.2) is 9.07 Å². The zero-order valence-electron chi connectivity index (χ0n) is 16.5. The Morgan fingerprint density at radius 1 is 1.20 bits per heavy atom. The summed E-state index contributed by atoms with van der Waals surface area (Å²) in [5, 5.41) is 7.43. The first-order valence-electron chi connectivity index (χ1n) is 9.53. The van der Waals surface area contributed by atoms with Gasteiger partial charge < -0.3 is 10.2 Å². The molecule has 6 nitrogen and oxygen atoms in total. The van der Waals surface area contributed by atoms with E-state index in [1.165, 1.54) is 23.1 Å². The molecule has 1 fully saturated rings. The van der Waals surface area contributed by atoms with Crippen molar-refractivity contribution >= 4 is 27.7 Å². The molecule has 1 aromatic heterocycles. The van der Waals surface area contributed by atoms with E-state index in [2.05, 4.69) is 26.3 Å². The van der Waals surface area contributed by atoms with Crippen LogP contribution in [0.25, 0.3) is 5.69 Å². The van der Waals surface area contributed by atoms with Gasteiger partial charge in [0.2, 0.25) is 5.91 Å². The smallest absolute Gasteiger partial charge is 0.257 e. The SMILES string of the molecule is Cc1nn(-c2ccccc2)c(C)c1C1C(=O)NCCN1C(=O)c1cc(Br)ccc1F. The molecule has 4 rings (SSSR count). The van der Waals surface area contributed by atoms with Crippen LogP contribution >= 0.6 is 15.9 Å². The first-order chi connectivity index (χ1) is 14.4. The summed E-state index contributed by atoms with van der Waals surface area (Å²) in [5.74, 6) is -1.45. The molecule has 1 unspecified atom stereocenters. The Hall–Kier alpha value is -3.00. The maximum absolute atomic E-state index is 14.4. The quantitative estimate of drug-likeness (QED) is 0.634. The highest BCUT2D eigenvalue weighted by atomic mass is 79.9. The van der Waals surface area contributed by atoms with Crippen LogP contribution in [0.1, 0.15) is 33.4 Å². The molecule has 1 atom stereocenters. The van der Waals surface area contributed by atoms with E-state index in [9.17, 15) is 14.0 Å². The summed E-state index contributed by atoms with van der Waals surface area (Å²) in [6.07, 6.45) is 0. The van der Waals surface area contributed by atoms with Crippen molar-refractivity contribution in [2.45, 2.75) is 19.9 Å². The van der Waals surface area contributed by atoms with Gasteiger partial charge in [-0.15, -0.1) is 0 Å². The van der Waals surface area contributed by atoms with Gasteiger partial charge in [-0.3, -0.25) is 9.59 Å². The van der Waals surface area contributed by atoms with E-state index in [1.807, 2.05) is 44.2 Å². The van der Waals surface area contributed by atoms with Gasteiger partial charge in [0.15, 0.2) is 0 Å². The van der Waals surface area contributed by atoms with Crippen molar-refractivity contribution in [3.8, 4) is 5.69 Å². The summed E-state index contributed by atoms with van der Waals surface area (Å²) in [6.45, 7) is 4.26. The molecule has 8 heteroatoms. The van der Waals surface area contributed by atoms with Crippen LogP contribution in [0, 0.1) is 19.7 Å². The molecule has 2 aromatic carbocycles. The van der Waals surface area contributed by atoms with E-state index >= 15 is 0 Å². The van der Waals surface area contributed by atoms with E-state index < -0.39 is 17.8 Å². The molecular weight excluding hydrogens is 451 g/mol. The maximum Gasteiger partial charge on any atom is 0.257 e. The highest BCUT2D eigenvalue weighted by Gasteiger charge is 2.39. The Morgan fingerprint density at radius 3 is 2.67 bits per heavy atom. The fourth-order valence-corrected chi connectivity index (χ4v) is 4.22. The lowest BCUT2D eigenvalue weighted by Gasteiger charge is -2.35. The molecule has 1 N–H and O–H groups in total. The molecule has 1 saturated heterocycles. The zero-order valence-corrected chi connectivity index (χ0v) is 18.1. The van der Waals surface area contributed by atoms with Gasteiger partial charge in [0, 0.05) is 28.8 Å². The number of para-hydroxylation sites is 1. The van der Waals surface area contributed by atoms with Crippen molar-refractivity contribution in [2.75, 3.05) is 13.1 Å². The summed E-state index contributed by atoms with van der Waals surface area (Å²) in [5.41, 5.74) is 2.84. The molecule has 0 aliphatic carbocycles. The summed E-state index contributed by atoms with van der Waals surface area (Å²) < 4.78 is 16.8. The Labute approximate surface area is 181 Å². The predicted molar refractivity (Wildman–Crippen MR) is 114 cm³/mol. The molecule has 154 valence electrons. The van der Waals surface area contributed by atoms with Gasteiger partial charge in [-0.05, 0) is 44.2 Å². The van der Waals surface area contributed by atoms with Gasteiger partial charge in [-0.2, -0.15) is 5.10 Å². The second-order valence-corrected chi connectivity index (χ2v) is 8.06. The third-order valence-electron chi connectivity index (χ3n) is 5.25. The summed E-state index contributed by atoms with van der Waals surface area (Å²) >= 11 is 3.28. The molecule has 0 saturated carbocycles. The van der Waals surface area contributed by atoms with Crippen LogP contribution in [0.3, 0.4) is 0 Å². The van der Waals surface area contributed by atoms with E-state index in [1.54, 1.807) is 4.68 Å². The molecular formula is C22H20BrFN4O2. The van der Waals surface area contributed by atoms with Crippen LogP contribution in [0.5, 0.6) is 0 Å². The number of aromatic nitrogens is 2. The molecule has 1 aliphatic heterocycles. The van der Waals surface area contributed by atoms with Crippen molar-refractivity contribution < 1.29 is 14.0 Å². The Kier molecular flexibility index (Phi) is 5.42. The molecule has 3 aromatic rings. The molecule has 0 radical (unpaired) electrons. The first kappa shape index (κ1) is 20.3. The number of carbonyl (C=O) groups is 2. The van der Waals surface area contributed by atoms with Gasteiger partial charge in [0.25, 0.3) is 5.91 Å². The predicted octanol–water partition coefficient (Wildman–Crippen LogP) is 3.70. The molecule has 1 aliphatic rings. The molecule has 0 bridgehead atoms. The van der Waals surface area contributed by atoms with Gasteiger partial charge in [-0.1, -0.05) is 34.1 Å². The van der Waals surface area contributed by atoms with Crippen molar-refractivity contribution in [3.05, 3.63) is 81.3 Å². The molecule has 2 amide bonds. The molecule has 2 heterocycles. The van der Waals surface area contributed by atoms with Crippen LogP contribution in [0.15, 0.2) is 53.0 Å². The third kappa shape index (κ3) is 3.52. The number of hydrogen-bond donors (Lipinski definition) is 1. The number of hydrogen-bond acceptors (Lipinski definition) is 3. The maximum atomic E-state index is 14.4.